The Kier molecular flexibility index (Phi) is 4.08. The van der Waals surface area contributed by atoms with Gasteiger partial charge >= 0.3 is 12.0 Å². The fourth-order valence-corrected chi connectivity index (χ4v) is 2.14. The minimum Gasteiger partial charge on any atom is -0.481 e. The third kappa shape index (κ3) is 3.38. The van der Waals surface area contributed by atoms with Gasteiger partial charge in [-0.25, -0.2) is 4.79 Å². The number of anilines is 1. The molecule has 20 heavy (non-hydrogen) atoms. The van der Waals surface area contributed by atoms with E-state index in [9.17, 15) is 9.59 Å². The summed E-state index contributed by atoms with van der Waals surface area (Å²) in [6, 6.07) is 5.13. The van der Waals surface area contributed by atoms with Gasteiger partial charge in [0.2, 0.25) is 0 Å². The standard InChI is InChI=1S/C15H18N2O3/c1-9-3-5-12(7-10(9)2)16-15(20)17-13-6-4-11(8-13)14(18)19/h3-7,11,13H,8H2,1-2H3,(H,18,19)(H2,16,17,20). The molecule has 0 spiro atoms. The highest BCUT2D eigenvalue weighted by atomic mass is 16.4. The number of carbonyl (C=O) groups excluding carboxylic acids is 1. The Morgan fingerprint density at radius 3 is 2.55 bits per heavy atom. The van der Waals surface area contributed by atoms with Crippen LogP contribution in [0.25, 0.3) is 0 Å². The van der Waals surface area contributed by atoms with Crippen molar-refractivity contribution < 1.29 is 14.7 Å². The van der Waals surface area contributed by atoms with Crippen LogP contribution in [0.4, 0.5) is 10.5 Å². The van der Waals surface area contributed by atoms with Crippen molar-refractivity contribution in [3.63, 3.8) is 0 Å². The molecule has 106 valence electrons. The van der Waals surface area contributed by atoms with Crippen molar-refractivity contribution in [1.82, 2.24) is 5.32 Å². The van der Waals surface area contributed by atoms with E-state index >= 15 is 0 Å². The van der Waals surface area contributed by atoms with Gasteiger partial charge < -0.3 is 15.7 Å². The predicted molar refractivity (Wildman–Crippen MR) is 76.7 cm³/mol. The molecule has 5 heteroatoms. The number of hydrogen-bond donors (Lipinski definition) is 3. The van der Waals surface area contributed by atoms with Gasteiger partial charge in [-0.1, -0.05) is 18.2 Å². The minimum absolute atomic E-state index is 0.234. The zero-order valence-corrected chi connectivity index (χ0v) is 11.5. The molecule has 2 rings (SSSR count). The molecular weight excluding hydrogens is 256 g/mol. The lowest BCUT2D eigenvalue weighted by Gasteiger charge is -2.13. The maximum atomic E-state index is 11.8. The predicted octanol–water partition coefficient (Wildman–Crippen LogP) is 2.45. The second-order valence-electron chi connectivity index (χ2n) is 5.07. The fraction of sp³-hybridized carbons (Fsp3) is 0.333. The van der Waals surface area contributed by atoms with E-state index in [1.54, 1.807) is 12.2 Å². The van der Waals surface area contributed by atoms with Crippen LogP contribution in [0.1, 0.15) is 17.5 Å². The second-order valence-corrected chi connectivity index (χ2v) is 5.07. The molecule has 0 fully saturated rings. The van der Waals surface area contributed by atoms with E-state index < -0.39 is 11.9 Å². The lowest BCUT2D eigenvalue weighted by Crippen LogP contribution is -2.36. The molecule has 0 aromatic heterocycles. The van der Waals surface area contributed by atoms with Gasteiger partial charge in [0.25, 0.3) is 0 Å². The van der Waals surface area contributed by atoms with Crippen molar-refractivity contribution in [3.8, 4) is 0 Å². The number of hydrogen-bond acceptors (Lipinski definition) is 2. The average Bonchev–Trinajstić information content (AvgIpc) is 2.82. The smallest absolute Gasteiger partial charge is 0.319 e. The molecule has 2 amide bonds. The first-order valence-corrected chi connectivity index (χ1v) is 6.51. The molecule has 0 aliphatic heterocycles. The molecule has 3 N–H and O–H groups in total. The Balaban J connectivity index is 1.89. The number of nitrogens with one attached hydrogen (secondary N) is 2. The van der Waals surface area contributed by atoms with Crippen molar-refractivity contribution >= 4 is 17.7 Å². The summed E-state index contributed by atoms with van der Waals surface area (Å²) >= 11 is 0. The Morgan fingerprint density at radius 1 is 1.20 bits per heavy atom. The number of carboxylic acids is 1. The molecule has 5 nitrogen and oxygen atoms in total. The zero-order chi connectivity index (χ0) is 14.7. The van der Waals surface area contributed by atoms with E-state index in [2.05, 4.69) is 10.6 Å². The van der Waals surface area contributed by atoms with Crippen LogP contribution in [0.5, 0.6) is 0 Å². The van der Waals surface area contributed by atoms with Crippen molar-refractivity contribution in [1.29, 1.82) is 0 Å². The first-order valence-electron chi connectivity index (χ1n) is 6.51. The topological polar surface area (TPSA) is 78.4 Å². The first kappa shape index (κ1) is 14.1. The molecule has 0 saturated heterocycles. The molecule has 0 bridgehead atoms. The van der Waals surface area contributed by atoms with Gasteiger partial charge in [0.05, 0.1) is 12.0 Å². The van der Waals surface area contributed by atoms with E-state index in [1.165, 1.54) is 5.56 Å². The molecular formula is C15H18N2O3. The van der Waals surface area contributed by atoms with Gasteiger partial charge in [0.15, 0.2) is 0 Å². The summed E-state index contributed by atoms with van der Waals surface area (Å²) < 4.78 is 0. The summed E-state index contributed by atoms with van der Waals surface area (Å²) in [4.78, 5) is 22.7. The summed E-state index contributed by atoms with van der Waals surface area (Å²) in [7, 11) is 0. The van der Waals surface area contributed by atoms with E-state index in [0.29, 0.717) is 6.42 Å². The molecule has 2 unspecified atom stereocenters. The van der Waals surface area contributed by atoms with Crippen LogP contribution in [0, 0.1) is 19.8 Å². The lowest BCUT2D eigenvalue weighted by atomic mass is 10.1. The Hall–Kier alpha value is -2.30. The quantitative estimate of drug-likeness (QED) is 0.741. The molecule has 1 aromatic rings. The van der Waals surface area contributed by atoms with Gasteiger partial charge in [-0.3, -0.25) is 4.79 Å². The number of benzene rings is 1. The lowest BCUT2D eigenvalue weighted by molar-refractivity contribution is -0.140. The van der Waals surface area contributed by atoms with E-state index in [4.69, 9.17) is 5.11 Å². The third-order valence-electron chi connectivity index (χ3n) is 3.48. The number of carbonyl (C=O) groups is 2. The summed E-state index contributed by atoms with van der Waals surface area (Å²) in [5, 5.41) is 14.4. The van der Waals surface area contributed by atoms with E-state index in [0.717, 1.165) is 11.3 Å². The highest BCUT2D eigenvalue weighted by molar-refractivity contribution is 5.89. The monoisotopic (exact) mass is 274 g/mol. The van der Waals surface area contributed by atoms with Gasteiger partial charge in [-0.2, -0.15) is 0 Å². The SMILES string of the molecule is Cc1ccc(NC(=O)NC2C=CC(C(=O)O)C2)cc1C. The highest BCUT2D eigenvalue weighted by Gasteiger charge is 2.25. The van der Waals surface area contributed by atoms with Crippen LogP contribution in [0.15, 0.2) is 30.4 Å². The maximum absolute atomic E-state index is 11.8. The van der Waals surface area contributed by atoms with Gasteiger partial charge in [0.1, 0.15) is 0 Å². The molecule has 2 atom stereocenters. The largest absolute Gasteiger partial charge is 0.481 e. The van der Waals surface area contributed by atoms with E-state index in [-0.39, 0.29) is 12.1 Å². The van der Waals surface area contributed by atoms with Crippen LogP contribution < -0.4 is 10.6 Å². The summed E-state index contributed by atoms with van der Waals surface area (Å²) in [5.74, 6) is -1.37. The third-order valence-corrected chi connectivity index (χ3v) is 3.48. The van der Waals surface area contributed by atoms with Crippen LogP contribution in [0.2, 0.25) is 0 Å². The Labute approximate surface area is 117 Å². The van der Waals surface area contributed by atoms with Crippen molar-refractivity contribution in [2.45, 2.75) is 26.3 Å². The Bertz CT molecular complexity index is 566. The van der Waals surface area contributed by atoms with Gasteiger partial charge in [-0.15, -0.1) is 0 Å². The number of aliphatic carboxylic acids is 1. The van der Waals surface area contributed by atoms with Gasteiger partial charge in [-0.05, 0) is 43.5 Å². The molecule has 1 aliphatic rings. The maximum Gasteiger partial charge on any atom is 0.319 e. The van der Waals surface area contributed by atoms with Crippen LogP contribution >= 0.6 is 0 Å². The molecule has 0 radical (unpaired) electrons. The fourth-order valence-electron chi connectivity index (χ4n) is 2.14. The van der Waals surface area contributed by atoms with Crippen molar-refractivity contribution in [2.75, 3.05) is 5.32 Å². The average molecular weight is 274 g/mol. The summed E-state index contributed by atoms with van der Waals surface area (Å²) in [6.07, 6.45) is 3.73. The molecule has 1 aliphatic carbocycles. The van der Waals surface area contributed by atoms with Crippen molar-refractivity contribution in [3.05, 3.63) is 41.5 Å². The molecule has 0 heterocycles. The summed E-state index contributed by atoms with van der Waals surface area (Å²) in [6.45, 7) is 3.99. The molecule has 1 aromatic carbocycles. The van der Waals surface area contributed by atoms with Crippen LogP contribution in [0.3, 0.4) is 0 Å². The van der Waals surface area contributed by atoms with Crippen LogP contribution in [-0.2, 0) is 4.79 Å². The van der Waals surface area contributed by atoms with Crippen LogP contribution in [-0.4, -0.2) is 23.1 Å². The van der Waals surface area contributed by atoms with E-state index in [1.807, 2.05) is 32.0 Å². The van der Waals surface area contributed by atoms with Crippen molar-refractivity contribution in [2.24, 2.45) is 5.92 Å². The second kappa shape index (κ2) is 5.77. The zero-order valence-electron chi connectivity index (χ0n) is 11.5. The van der Waals surface area contributed by atoms with Gasteiger partial charge in [0, 0.05) is 5.69 Å². The number of carboxylic acid groups (broad SMARTS) is 1. The number of aryl methyl sites for hydroxylation is 2. The number of rotatable bonds is 3. The first-order chi connectivity index (χ1) is 9.45. The molecule has 0 saturated carbocycles. The normalized spacial score (nSPS) is 20.7. The summed E-state index contributed by atoms with van der Waals surface area (Å²) in [5.41, 5.74) is 3.00. The number of amides is 2. The highest BCUT2D eigenvalue weighted by Crippen LogP contribution is 2.18. The minimum atomic E-state index is -0.861. The number of urea groups is 1. The Morgan fingerprint density at radius 2 is 1.95 bits per heavy atom.